The number of hydrogen-bond donors (Lipinski definition) is 3. The lowest BCUT2D eigenvalue weighted by Crippen LogP contribution is -2.46. The molecule has 0 aliphatic carbocycles. The van der Waals surface area contributed by atoms with Crippen molar-refractivity contribution in [2.24, 2.45) is 11.7 Å². The normalized spacial score (nSPS) is 18.7. The van der Waals surface area contributed by atoms with E-state index < -0.39 is 17.7 Å². The van der Waals surface area contributed by atoms with Gasteiger partial charge in [-0.1, -0.05) is 13.0 Å². The van der Waals surface area contributed by atoms with Crippen LogP contribution in [0.1, 0.15) is 47.4 Å². The highest BCUT2D eigenvalue weighted by Gasteiger charge is 2.34. The number of hydrogen-bond acceptors (Lipinski definition) is 5. The second-order valence-electron chi connectivity index (χ2n) is 8.06. The van der Waals surface area contributed by atoms with Gasteiger partial charge in [-0.25, -0.2) is 0 Å². The first-order chi connectivity index (χ1) is 14.8. The van der Waals surface area contributed by atoms with Crippen molar-refractivity contribution in [2.75, 3.05) is 11.9 Å². The molecule has 4 N–H and O–H groups in total. The molecule has 1 fully saturated rings. The number of primary amides is 1. The van der Waals surface area contributed by atoms with Crippen LogP contribution in [0.25, 0.3) is 10.9 Å². The molecule has 3 amide bonds. The number of aromatic amines is 1. The van der Waals surface area contributed by atoms with E-state index in [-0.39, 0.29) is 23.2 Å². The van der Waals surface area contributed by atoms with Crippen molar-refractivity contribution in [3.05, 3.63) is 53.5 Å². The van der Waals surface area contributed by atoms with E-state index in [2.05, 4.69) is 27.4 Å². The largest absolute Gasteiger partial charge is 0.366 e. The summed E-state index contributed by atoms with van der Waals surface area (Å²) in [5.41, 5.74) is 8.45. The van der Waals surface area contributed by atoms with Crippen LogP contribution in [0.5, 0.6) is 0 Å². The zero-order valence-electron chi connectivity index (χ0n) is 17.4. The van der Waals surface area contributed by atoms with E-state index in [4.69, 9.17) is 5.73 Å². The van der Waals surface area contributed by atoms with E-state index in [0.29, 0.717) is 6.54 Å². The lowest BCUT2D eigenvalue weighted by Gasteiger charge is -2.38. The number of anilines is 1. The second kappa shape index (κ2) is 8.17. The number of nitrogens with two attached hydrogens (primary N) is 1. The molecule has 2 atom stereocenters. The summed E-state index contributed by atoms with van der Waals surface area (Å²) in [7, 11) is 0. The average molecular weight is 420 g/mol. The number of piperidine rings is 1. The van der Waals surface area contributed by atoms with Gasteiger partial charge in [-0.3, -0.25) is 24.5 Å². The van der Waals surface area contributed by atoms with Gasteiger partial charge in [-0.2, -0.15) is 5.10 Å². The number of nitrogens with one attached hydrogen (secondary N) is 2. The van der Waals surface area contributed by atoms with Gasteiger partial charge in [-0.05, 0) is 49.4 Å². The summed E-state index contributed by atoms with van der Waals surface area (Å²) < 4.78 is 0. The Bertz CT molecular complexity index is 1170. The first kappa shape index (κ1) is 20.5. The molecule has 0 saturated carbocycles. The van der Waals surface area contributed by atoms with Gasteiger partial charge >= 0.3 is 11.8 Å². The molecule has 1 aromatic carbocycles. The Morgan fingerprint density at radius 2 is 2.00 bits per heavy atom. The van der Waals surface area contributed by atoms with Crippen molar-refractivity contribution in [3.63, 3.8) is 0 Å². The monoisotopic (exact) mass is 420 g/mol. The van der Waals surface area contributed by atoms with Crippen LogP contribution in [0.4, 0.5) is 5.69 Å². The number of aryl methyl sites for hydroxylation is 1. The van der Waals surface area contributed by atoms with Crippen LogP contribution >= 0.6 is 0 Å². The topological polar surface area (TPSA) is 134 Å². The van der Waals surface area contributed by atoms with E-state index in [1.807, 2.05) is 25.1 Å². The Morgan fingerprint density at radius 1 is 1.19 bits per heavy atom. The zero-order chi connectivity index (χ0) is 22.1. The summed E-state index contributed by atoms with van der Waals surface area (Å²) in [6, 6.07) is 7.11. The van der Waals surface area contributed by atoms with E-state index in [0.717, 1.165) is 35.0 Å². The Hall–Kier alpha value is -3.75. The Balaban J connectivity index is 1.58. The maximum absolute atomic E-state index is 13.1. The predicted octanol–water partition coefficient (Wildman–Crippen LogP) is 2.30. The minimum Gasteiger partial charge on any atom is -0.366 e. The fourth-order valence-corrected chi connectivity index (χ4v) is 4.04. The van der Waals surface area contributed by atoms with Crippen LogP contribution in [-0.4, -0.2) is 44.3 Å². The minimum atomic E-state index is -0.775. The molecular weight excluding hydrogens is 396 g/mol. The SMILES string of the molecule is Cc1[nH]nc2ccc([C@@H]3CC[C@@H](C)CN3C(=O)C(=O)Nc3cncc(C(N)=O)c3)cc12. The quantitative estimate of drug-likeness (QED) is 0.559. The maximum Gasteiger partial charge on any atom is 0.313 e. The van der Waals surface area contributed by atoms with Gasteiger partial charge in [0, 0.05) is 23.8 Å². The molecule has 0 bridgehead atoms. The number of nitrogens with zero attached hydrogens (tertiary/aromatic N) is 3. The number of carbonyl (C=O) groups is 3. The van der Waals surface area contributed by atoms with Gasteiger partial charge in [0.05, 0.1) is 29.0 Å². The number of pyridine rings is 1. The van der Waals surface area contributed by atoms with Crippen molar-refractivity contribution in [2.45, 2.75) is 32.7 Å². The molecule has 4 rings (SSSR count). The van der Waals surface area contributed by atoms with E-state index in [1.165, 1.54) is 18.5 Å². The Kier molecular flexibility index (Phi) is 5.41. The number of aromatic nitrogens is 3. The summed E-state index contributed by atoms with van der Waals surface area (Å²) in [5, 5.41) is 10.8. The second-order valence-corrected chi connectivity index (χ2v) is 8.06. The molecule has 1 saturated heterocycles. The van der Waals surface area contributed by atoms with Crippen LogP contribution in [0.15, 0.2) is 36.7 Å². The molecule has 9 nitrogen and oxygen atoms in total. The van der Waals surface area contributed by atoms with E-state index >= 15 is 0 Å². The van der Waals surface area contributed by atoms with Gasteiger partial charge in [-0.15, -0.1) is 0 Å². The number of amides is 3. The molecule has 3 heterocycles. The van der Waals surface area contributed by atoms with Crippen molar-refractivity contribution in [1.82, 2.24) is 20.1 Å². The van der Waals surface area contributed by atoms with Gasteiger partial charge in [0.1, 0.15) is 0 Å². The first-order valence-electron chi connectivity index (χ1n) is 10.1. The molecule has 2 aromatic heterocycles. The van der Waals surface area contributed by atoms with Crippen LogP contribution in [0, 0.1) is 12.8 Å². The van der Waals surface area contributed by atoms with Crippen molar-refractivity contribution >= 4 is 34.3 Å². The molecule has 0 spiro atoms. The third-order valence-corrected chi connectivity index (χ3v) is 5.71. The lowest BCUT2D eigenvalue weighted by atomic mass is 9.89. The van der Waals surface area contributed by atoms with Gasteiger partial charge in [0.2, 0.25) is 5.91 Å². The van der Waals surface area contributed by atoms with Crippen LogP contribution in [0.3, 0.4) is 0 Å². The number of fused-ring (bicyclic) bond motifs is 1. The molecule has 31 heavy (non-hydrogen) atoms. The molecule has 0 radical (unpaired) electrons. The van der Waals surface area contributed by atoms with Gasteiger partial charge < -0.3 is 16.0 Å². The summed E-state index contributed by atoms with van der Waals surface area (Å²) in [4.78, 5) is 42.7. The van der Waals surface area contributed by atoms with Gasteiger partial charge in [0.15, 0.2) is 0 Å². The summed E-state index contributed by atoms with van der Waals surface area (Å²) in [6.45, 7) is 4.50. The smallest absolute Gasteiger partial charge is 0.313 e. The Morgan fingerprint density at radius 3 is 2.77 bits per heavy atom. The number of H-pyrrole nitrogens is 1. The van der Waals surface area contributed by atoms with Crippen LogP contribution in [-0.2, 0) is 9.59 Å². The fourth-order valence-electron chi connectivity index (χ4n) is 4.04. The summed E-state index contributed by atoms with van der Waals surface area (Å²) in [6.07, 6.45) is 4.39. The number of likely N-dealkylation sites (tertiary alicyclic amines) is 1. The minimum absolute atomic E-state index is 0.151. The number of carbonyl (C=O) groups excluding carboxylic acids is 3. The molecule has 0 unspecified atom stereocenters. The molecule has 160 valence electrons. The number of rotatable bonds is 3. The van der Waals surface area contributed by atoms with Gasteiger partial charge in [0.25, 0.3) is 0 Å². The van der Waals surface area contributed by atoms with E-state index in [1.54, 1.807) is 4.90 Å². The standard InChI is InChI=1S/C22H24N6O3/c1-12-3-6-19(14-4-5-18-17(8-14)13(2)26-27-18)28(11-12)22(31)21(30)25-16-7-15(20(23)29)9-24-10-16/h4-5,7-10,12,19H,3,6,11H2,1-2H3,(H2,23,29)(H,25,30)(H,26,27)/t12-,19+/m1/s1. The fraction of sp³-hybridized carbons (Fsp3) is 0.318. The van der Waals surface area contributed by atoms with Crippen molar-refractivity contribution in [3.8, 4) is 0 Å². The summed E-state index contributed by atoms with van der Waals surface area (Å²) in [5.74, 6) is -1.77. The summed E-state index contributed by atoms with van der Waals surface area (Å²) >= 11 is 0. The first-order valence-corrected chi connectivity index (χ1v) is 10.1. The van der Waals surface area contributed by atoms with Crippen molar-refractivity contribution < 1.29 is 14.4 Å². The number of benzene rings is 1. The highest BCUT2D eigenvalue weighted by molar-refractivity contribution is 6.39. The third kappa shape index (κ3) is 4.11. The molecular formula is C22H24N6O3. The molecule has 1 aliphatic heterocycles. The van der Waals surface area contributed by atoms with Crippen molar-refractivity contribution in [1.29, 1.82) is 0 Å². The van der Waals surface area contributed by atoms with E-state index in [9.17, 15) is 14.4 Å². The van der Waals surface area contributed by atoms with Crippen LogP contribution < -0.4 is 11.1 Å². The van der Waals surface area contributed by atoms with Crippen LogP contribution in [0.2, 0.25) is 0 Å². The predicted molar refractivity (Wildman–Crippen MR) is 115 cm³/mol. The third-order valence-electron chi connectivity index (χ3n) is 5.71. The maximum atomic E-state index is 13.1. The molecule has 3 aromatic rings. The Labute approximate surface area is 179 Å². The lowest BCUT2D eigenvalue weighted by molar-refractivity contribution is -0.146. The average Bonchev–Trinajstić information content (AvgIpc) is 3.13. The highest BCUT2D eigenvalue weighted by atomic mass is 16.2. The molecule has 1 aliphatic rings. The zero-order valence-corrected chi connectivity index (χ0v) is 17.4. The molecule has 9 heteroatoms. The highest BCUT2D eigenvalue weighted by Crippen LogP contribution is 2.35.